The van der Waals surface area contributed by atoms with Crippen molar-refractivity contribution < 1.29 is 24.9 Å². The lowest BCUT2D eigenvalue weighted by Gasteiger charge is -2.15. The van der Waals surface area contributed by atoms with Crippen molar-refractivity contribution in [1.82, 2.24) is 25.0 Å². The van der Waals surface area contributed by atoms with Gasteiger partial charge in [-0.05, 0) is 36.4 Å². The lowest BCUT2D eigenvalue weighted by Crippen LogP contribution is -2.42. The number of pyridine rings is 1. The third kappa shape index (κ3) is 2.92. The van der Waals surface area contributed by atoms with Crippen molar-refractivity contribution in [2.75, 3.05) is 0 Å². The van der Waals surface area contributed by atoms with Crippen LogP contribution in [0.3, 0.4) is 0 Å². The van der Waals surface area contributed by atoms with E-state index in [4.69, 9.17) is 0 Å². The first-order valence-corrected chi connectivity index (χ1v) is 12.0. The summed E-state index contributed by atoms with van der Waals surface area (Å²) >= 11 is 0. The fourth-order valence-corrected chi connectivity index (χ4v) is 5.61. The van der Waals surface area contributed by atoms with E-state index in [-0.39, 0.29) is 35.8 Å². The minimum atomic E-state index is -0.500. The SMILES string of the molecule is Cn1c2cc(O)ccc2c2c3c(c4c5ccc(O)cc5[nH]c4c21)C(=O)N(NCc1cccc(CO)n1)C3=O. The molecule has 38 heavy (non-hydrogen) atoms. The number of aliphatic hydroxyl groups is 1. The number of nitrogens with one attached hydrogen (secondary N) is 2. The fraction of sp³-hybridized carbons (Fsp3) is 0.107. The molecule has 0 aliphatic carbocycles. The number of nitrogens with zero attached hydrogens (tertiary/aromatic N) is 3. The minimum Gasteiger partial charge on any atom is -0.508 e. The maximum absolute atomic E-state index is 13.9. The van der Waals surface area contributed by atoms with Gasteiger partial charge in [0.2, 0.25) is 0 Å². The normalized spacial score (nSPS) is 13.6. The summed E-state index contributed by atoms with van der Waals surface area (Å²) in [6.45, 7) is -0.125. The van der Waals surface area contributed by atoms with Gasteiger partial charge >= 0.3 is 0 Å². The van der Waals surface area contributed by atoms with Gasteiger partial charge in [-0.2, -0.15) is 0 Å². The number of H-pyrrole nitrogens is 1. The Morgan fingerprint density at radius 1 is 0.895 bits per heavy atom. The molecule has 10 nitrogen and oxygen atoms in total. The van der Waals surface area contributed by atoms with Crippen LogP contribution in [0.15, 0.2) is 54.6 Å². The molecule has 0 unspecified atom stereocenters. The van der Waals surface area contributed by atoms with E-state index in [1.54, 1.807) is 54.6 Å². The number of aliphatic hydroxyl groups excluding tert-OH is 1. The molecule has 10 heteroatoms. The highest BCUT2D eigenvalue weighted by molar-refractivity contribution is 6.39. The molecule has 2 amide bonds. The van der Waals surface area contributed by atoms with Crippen LogP contribution in [-0.2, 0) is 20.2 Å². The summed E-state index contributed by atoms with van der Waals surface area (Å²) in [6.07, 6.45) is 0. The first kappa shape index (κ1) is 22.3. The number of amides is 2. The third-order valence-corrected chi connectivity index (χ3v) is 7.23. The molecule has 0 radical (unpaired) electrons. The molecule has 4 heterocycles. The van der Waals surface area contributed by atoms with Gasteiger partial charge in [0.05, 0.1) is 57.7 Å². The highest BCUT2D eigenvalue weighted by Gasteiger charge is 2.41. The van der Waals surface area contributed by atoms with Gasteiger partial charge < -0.3 is 24.9 Å². The molecule has 1 aliphatic rings. The van der Waals surface area contributed by atoms with E-state index in [0.29, 0.717) is 49.6 Å². The molecule has 3 aromatic heterocycles. The standard InChI is InChI=1S/C28H21N5O5/c1-32-20-10-16(36)6-8-18(20)22-24-23(21-17-7-5-15(35)9-19(17)31-25(21)26(22)32)27(37)33(28(24)38)29-11-13-3-2-4-14(12-34)30-13/h2-10,29,31,34-36H,11-12H2,1H3. The number of phenols is 2. The largest absolute Gasteiger partial charge is 0.508 e. The summed E-state index contributed by atoms with van der Waals surface area (Å²) in [4.78, 5) is 35.5. The van der Waals surface area contributed by atoms with Crippen LogP contribution in [0.4, 0.5) is 0 Å². The van der Waals surface area contributed by atoms with Crippen molar-refractivity contribution in [2.45, 2.75) is 13.2 Å². The second-order valence-electron chi connectivity index (χ2n) is 9.40. The van der Waals surface area contributed by atoms with Crippen LogP contribution in [0.25, 0.3) is 43.6 Å². The summed E-state index contributed by atoms with van der Waals surface area (Å²) in [5, 5.41) is 33.3. The molecule has 0 saturated carbocycles. The van der Waals surface area contributed by atoms with E-state index in [2.05, 4.69) is 15.4 Å². The number of carbonyl (C=O) groups excluding carboxylic acids is 2. The molecule has 5 N–H and O–H groups in total. The van der Waals surface area contributed by atoms with E-state index in [1.807, 2.05) is 11.6 Å². The van der Waals surface area contributed by atoms with Crippen LogP contribution in [0, 0.1) is 0 Å². The number of phenolic OH excluding ortho intramolecular Hbond substituents is 2. The zero-order valence-electron chi connectivity index (χ0n) is 20.1. The number of aromatic hydroxyl groups is 2. The van der Waals surface area contributed by atoms with Crippen molar-refractivity contribution in [2.24, 2.45) is 7.05 Å². The van der Waals surface area contributed by atoms with E-state index >= 15 is 0 Å². The van der Waals surface area contributed by atoms with Gasteiger partial charge in [-0.3, -0.25) is 14.6 Å². The molecule has 7 rings (SSSR count). The smallest absolute Gasteiger partial charge is 0.276 e. The van der Waals surface area contributed by atoms with Crippen LogP contribution in [0.1, 0.15) is 32.1 Å². The monoisotopic (exact) mass is 507 g/mol. The maximum atomic E-state index is 13.9. The number of hydrazine groups is 1. The van der Waals surface area contributed by atoms with Crippen molar-refractivity contribution in [3.63, 3.8) is 0 Å². The number of rotatable bonds is 4. The molecular weight excluding hydrogens is 486 g/mol. The highest BCUT2D eigenvalue weighted by atomic mass is 16.3. The van der Waals surface area contributed by atoms with Crippen LogP contribution >= 0.6 is 0 Å². The lowest BCUT2D eigenvalue weighted by molar-refractivity contribution is 0.0562. The molecular formula is C28H21N5O5. The maximum Gasteiger partial charge on any atom is 0.276 e. The van der Waals surface area contributed by atoms with Crippen LogP contribution in [0.2, 0.25) is 0 Å². The van der Waals surface area contributed by atoms with E-state index in [0.717, 1.165) is 10.4 Å². The van der Waals surface area contributed by atoms with Gasteiger partial charge in [0.1, 0.15) is 11.5 Å². The van der Waals surface area contributed by atoms with Crippen molar-refractivity contribution in [3.8, 4) is 11.5 Å². The van der Waals surface area contributed by atoms with E-state index < -0.39 is 11.8 Å². The van der Waals surface area contributed by atoms with Crippen molar-refractivity contribution in [1.29, 1.82) is 0 Å². The summed E-state index contributed by atoms with van der Waals surface area (Å²) in [5.74, 6) is -0.840. The van der Waals surface area contributed by atoms with Gasteiger partial charge in [0, 0.05) is 40.7 Å². The molecule has 1 aliphatic heterocycles. The van der Waals surface area contributed by atoms with Crippen molar-refractivity contribution >= 4 is 55.4 Å². The third-order valence-electron chi connectivity index (χ3n) is 7.23. The summed E-state index contributed by atoms with van der Waals surface area (Å²) in [6, 6.07) is 14.9. The number of hydrogen-bond acceptors (Lipinski definition) is 7. The van der Waals surface area contributed by atoms with Gasteiger partial charge in [-0.25, -0.2) is 10.4 Å². The Balaban J connectivity index is 1.51. The van der Waals surface area contributed by atoms with E-state index in [1.165, 1.54) is 0 Å². The second kappa shape index (κ2) is 7.78. The Morgan fingerprint density at radius 3 is 2.34 bits per heavy atom. The number of benzene rings is 3. The summed E-state index contributed by atoms with van der Waals surface area (Å²) < 4.78 is 1.89. The van der Waals surface area contributed by atoms with Crippen LogP contribution in [-0.4, -0.2) is 46.7 Å². The van der Waals surface area contributed by atoms with Gasteiger partial charge in [-0.1, -0.05) is 6.07 Å². The van der Waals surface area contributed by atoms with E-state index in [9.17, 15) is 24.9 Å². The highest BCUT2D eigenvalue weighted by Crippen LogP contribution is 2.45. The summed E-state index contributed by atoms with van der Waals surface area (Å²) in [5.41, 5.74) is 7.19. The molecule has 188 valence electrons. The molecule has 0 fully saturated rings. The predicted octanol–water partition coefficient (Wildman–Crippen LogP) is 3.57. The zero-order valence-corrected chi connectivity index (χ0v) is 20.1. The Bertz CT molecular complexity index is 2000. The Kier molecular flexibility index (Phi) is 4.56. The zero-order chi connectivity index (χ0) is 26.3. The van der Waals surface area contributed by atoms with Crippen LogP contribution in [0.5, 0.6) is 11.5 Å². The predicted molar refractivity (Wildman–Crippen MR) is 141 cm³/mol. The number of aromatic nitrogens is 3. The first-order chi connectivity index (χ1) is 18.4. The summed E-state index contributed by atoms with van der Waals surface area (Å²) in [7, 11) is 1.84. The molecule has 6 aromatic rings. The Labute approximate surface area is 214 Å². The molecule has 0 saturated heterocycles. The number of carbonyl (C=O) groups is 2. The van der Waals surface area contributed by atoms with Gasteiger partial charge in [0.15, 0.2) is 0 Å². The molecule has 0 bridgehead atoms. The molecule has 0 spiro atoms. The first-order valence-electron chi connectivity index (χ1n) is 12.0. The molecule has 3 aromatic carbocycles. The number of hydrogen-bond donors (Lipinski definition) is 5. The minimum absolute atomic E-state index is 0.0715. The quantitative estimate of drug-likeness (QED) is 0.230. The lowest BCUT2D eigenvalue weighted by atomic mass is 9.96. The number of imide groups is 1. The average Bonchev–Trinajstić information content (AvgIpc) is 3.50. The Morgan fingerprint density at radius 2 is 1.58 bits per heavy atom. The molecule has 0 atom stereocenters. The van der Waals surface area contributed by atoms with Gasteiger partial charge in [0.25, 0.3) is 11.8 Å². The van der Waals surface area contributed by atoms with Gasteiger partial charge in [-0.15, -0.1) is 0 Å². The number of fused-ring (bicyclic) bond motifs is 10. The fourth-order valence-electron chi connectivity index (χ4n) is 5.61. The number of aryl methyl sites for hydroxylation is 1. The second-order valence-corrected chi connectivity index (χ2v) is 9.40. The van der Waals surface area contributed by atoms with Crippen molar-refractivity contribution in [3.05, 3.63) is 77.1 Å². The topological polar surface area (TPSA) is 144 Å². The average molecular weight is 508 g/mol. The number of aromatic amines is 1. The Hall–Kier alpha value is -4.93. The van der Waals surface area contributed by atoms with Crippen LogP contribution < -0.4 is 5.43 Å².